The monoisotopic (exact) mass is 294 g/mol. The molecule has 4 nitrogen and oxygen atoms in total. The third-order valence-corrected chi connectivity index (χ3v) is 3.87. The minimum absolute atomic E-state index is 0.0147. The standard InChI is InChI=1S/C16H23FN2O2/c1-4-15(18(2)3)16(20)19-10-9-14(11-19)21-13-7-5-12(17)6-8-13/h5-8,14-15H,4,9-11H2,1-3H3/t14-,15-/m1/s1. The molecule has 2 rings (SSSR count). The fourth-order valence-corrected chi connectivity index (χ4v) is 2.70. The number of carbonyl (C=O) groups excluding carboxylic acids is 1. The maximum absolute atomic E-state index is 12.9. The number of likely N-dealkylation sites (N-methyl/N-ethyl adjacent to an activating group) is 1. The van der Waals surface area contributed by atoms with Crippen molar-refractivity contribution in [3.05, 3.63) is 30.1 Å². The predicted octanol–water partition coefficient (Wildman–Crippen LogP) is 2.15. The number of nitrogens with zero attached hydrogens (tertiary/aromatic N) is 2. The lowest BCUT2D eigenvalue weighted by atomic mass is 10.2. The van der Waals surface area contributed by atoms with Crippen LogP contribution in [0.5, 0.6) is 5.75 Å². The van der Waals surface area contributed by atoms with Gasteiger partial charge in [-0.1, -0.05) is 6.92 Å². The van der Waals surface area contributed by atoms with E-state index >= 15 is 0 Å². The van der Waals surface area contributed by atoms with Crippen LogP contribution in [0.4, 0.5) is 4.39 Å². The zero-order chi connectivity index (χ0) is 15.4. The lowest BCUT2D eigenvalue weighted by molar-refractivity contribution is -0.135. The first-order valence-corrected chi connectivity index (χ1v) is 7.38. The predicted molar refractivity (Wildman–Crippen MR) is 79.8 cm³/mol. The molecule has 1 aromatic carbocycles. The van der Waals surface area contributed by atoms with Gasteiger partial charge in [0, 0.05) is 13.0 Å². The lowest BCUT2D eigenvalue weighted by Gasteiger charge is -2.27. The third kappa shape index (κ3) is 3.94. The molecule has 0 saturated carbocycles. The summed E-state index contributed by atoms with van der Waals surface area (Å²) in [5, 5.41) is 0. The van der Waals surface area contributed by atoms with Crippen LogP contribution in [0, 0.1) is 5.82 Å². The summed E-state index contributed by atoms with van der Waals surface area (Å²) in [7, 11) is 3.85. The number of carbonyl (C=O) groups is 1. The van der Waals surface area contributed by atoms with Crippen LogP contribution in [0.25, 0.3) is 0 Å². The Kier molecular flexibility index (Phi) is 5.17. The van der Waals surface area contributed by atoms with Gasteiger partial charge in [-0.3, -0.25) is 9.69 Å². The highest BCUT2D eigenvalue weighted by Gasteiger charge is 2.31. The van der Waals surface area contributed by atoms with Crippen molar-refractivity contribution in [3.63, 3.8) is 0 Å². The molecule has 0 aliphatic carbocycles. The van der Waals surface area contributed by atoms with Crippen molar-refractivity contribution in [3.8, 4) is 5.75 Å². The van der Waals surface area contributed by atoms with E-state index in [0.717, 1.165) is 19.4 Å². The van der Waals surface area contributed by atoms with Crippen LogP contribution in [-0.4, -0.2) is 55.0 Å². The van der Waals surface area contributed by atoms with Crippen molar-refractivity contribution in [1.29, 1.82) is 0 Å². The molecule has 5 heteroatoms. The summed E-state index contributed by atoms with van der Waals surface area (Å²) in [6, 6.07) is 5.93. The second-order valence-corrected chi connectivity index (χ2v) is 5.65. The van der Waals surface area contributed by atoms with E-state index in [0.29, 0.717) is 12.3 Å². The molecule has 0 radical (unpaired) electrons. The van der Waals surface area contributed by atoms with E-state index in [4.69, 9.17) is 4.74 Å². The fraction of sp³-hybridized carbons (Fsp3) is 0.562. The van der Waals surface area contributed by atoms with E-state index in [1.165, 1.54) is 12.1 Å². The van der Waals surface area contributed by atoms with Gasteiger partial charge < -0.3 is 9.64 Å². The molecule has 1 aromatic rings. The summed E-state index contributed by atoms with van der Waals surface area (Å²) >= 11 is 0. The molecule has 0 aromatic heterocycles. The molecule has 21 heavy (non-hydrogen) atoms. The first-order chi connectivity index (χ1) is 10.0. The molecule has 1 aliphatic heterocycles. The number of amides is 1. The Morgan fingerprint density at radius 2 is 2.10 bits per heavy atom. The maximum atomic E-state index is 12.9. The van der Waals surface area contributed by atoms with Gasteiger partial charge in [0.15, 0.2) is 0 Å². The minimum Gasteiger partial charge on any atom is -0.489 e. The highest BCUT2D eigenvalue weighted by Crippen LogP contribution is 2.20. The van der Waals surface area contributed by atoms with Gasteiger partial charge in [0.2, 0.25) is 5.91 Å². The van der Waals surface area contributed by atoms with Crippen LogP contribution < -0.4 is 4.74 Å². The Balaban J connectivity index is 1.91. The van der Waals surface area contributed by atoms with E-state index in [-0.39, 0.29) is 23.9 Å². The Labute approximate surface area is 125 Å². The van der Waals surface area contributed by atoms with E-state index < -0.39 is 0 Å². The summed E-state index contributed by atoms with van der Waals surface area (Å²) in [6.45, 7) is 3.33. The van der Waals surface area contributed by atoms with Crippen LogP contribution in [0.15, 0.2) is 24.3 Å². The normalized spacial score (nSPS) is 19.9. The number of benzene rings is 1. The largest absolute Gasteiger partial charge is 0.489 e. The molecule has 0 spiro atoms. The highest BCUT2D eigenvalue weighted by atomic mass is 19.1. The van der Waals surface area contributed by atoms with Gasteiger partial charge in [-0.2, -0.15) is 0 Å². The van der Waals surface area contributed by atoms with E-state index in [1.807, 2.05) is 30.8 Å². The van der Waals surface area contributed by atoms with E-state index in [9.17, 15) is 9.18 Å². The van der Waals surface area contributed by atoms with Gasteiger partial charge in [0.25, 0.3) is 0 Å². The van der Waals surface area contributed by atoms with Gasteiger partial charge >= 0.3 is 0 Å². The van der Waals surface area contributed by atoms with Crippen molar-refractivity contribution in [2.24, 2.45) is 0 Å². The quantitative estimate of drug-likeness (QED) is 0.834. The molecule has 0 bridgehead atoms. The summed E-state index contributed by atoms with van der Waals surface area (Å²) in [5.41, 5.74) is 0. The number of hydrogen-bond acceptors (Lipinski definition) is 3. The van der Waals surface area contributed by atoms with Gasteiger partial charge in [-0.05, 0) is 44.8 Å². The highest BCUT2D eigenvalue weighted by molar-refractivity contribution is 5.82. The molecule has 2 atom stereocenters. The van der Waals surface area contributed by atoms with E-state index in [1.54, 1.807) is 12.1 Å². The molecule has 0 unspecified atom stereocenters. The average molecular weight is 294 g/mol. The Hall–Kier alpha value is -1.62. The Morgan fingerprint density at radius 3 is 2.67 bits per heavy atom. The number of likely N-dealkylation sites (tertiary alicyclic amines) is 1. The van der Waals surface area contributed by atoms with Crippen LogP contribution in [0.3, 0.4) is 0 Å². The van der Waals surface area contributed by atoms with Crippen molar-refractivity contribution < 1.29 is 13.9 Å². The van der Waals surface area contributed by atoms with Crippen molar-refractivity contribution in [2.75, 3.05) is 27.2 Å². The lowest BCUT2D eigenvalue weighted by Crippen LogP contribution is -2.45. The topological polar surface area (TPSA) is 32.8 Å². The van der Waals surface area contributed by atoms with Crippen LogP contribution in [-0.2, 0) is 4.79 Å². The molecular formula is C16H23FN2O2. The summed E-state index contributed by atoms with van der Waals surface area (Å²) in [5.74, 6) is 0.533. The van der Waals surface area contributed by atoms with Crippen LogP contribution >= 0.6 is 0 Å². The molecule has 1 aliphatic rings. The Bertz CT molecular complexity index is 476. The summed E-state index contributed by atoms with van der Waals surface area (Å²) in [4.78, 5) is 16.3. The number of rotatable bonds is 5. The fourth-order valence-electron chi connectivity index (χ4n) is 2.70. The van der Waals surface area contributed by atoms with E-state index in [2.05, 4.69) is 0 Å². The zero-order valence-corrected chi connectivity index (χ0v) is 12.9. The molecule has 0 N–H and O–H groups in total. The van der Waals surface area contributed by atoms with Gasteiger partial charge in [-0.25, -0.2) is 4.39 Å². The second-order valence-electron chi connectivity index (χ2n) is 5.65. The van der Waals surface area contributed by atoms with Gasteiger partial charge in [0.05, 0.1) is 12.6 Å². The zero-order valence-electron chi connectivity index (χ0n) is 12.9. The SMILES string of the molecule is CC[C@H](C(=O)N1CC[C@@H](Oc2ccc(F)cc2)C1)N(C)C. The van der Waals surface area contributed by atoms with Gasteiger partial charge in [0.1, 0.15) is 17.7 Å². The van der Waals surface area contributed by atoms with Crippen molar-refractivity contribution in [1.82, 2.24) is 9.80 Å². The van der Waals surface area contributed by atoms with Crippen molar-refractivity contribution >= 4 is 5.91 Å². The first-order valence-electron chi connectivity index (χ1n) is 7.38. The van der Waals surface area contributed by atoms with Crippen LogP contribution in [0.2, 0.25) is 0 Å². The number of hydrogen-bond donors (Lipinski definition) is 0. The Morgan fingerprint density at radius 1 is 1.43 bits per heavy atom. The van der Waals surface area contributed by atoms with Crippen molar-refractivity contribution in [2.45, 2.75) is 31.9 Å². The number of halogens is 1. The van der Waals surface area contributed by atoms with Gasteiger partial charge in [-0.15, -0.1) is 0 Å². The van der Waals surface area contributed by atoms with Crippen LogP contribution in [0.1, 0.15) is 19.8 Å². The third-order valence-electron chi connectivity index (χ3n) is 3.87. The molecule has 1 amide bonds. The maximum Gasteiger partial charge on any atom is 0.240 e. The summed E-state index contributed by atoms with van der Waals surface area (Å²) in [6.07, 6.45) is 1.60. The molecule has 1 fully saturated rings. The molecule has 116 valence electrons. The molecular weight excluding hydrogens is 271 g/mol. The molecule has 1 heterocycles. The summed E-state index contributed by atoms with van der Waals surface area (Å²) < 4.78 is 18.7. The number of ether oxygens (including phenoxy) is 1. The molecule has 1 saturated heterocycles. The second kappa shape index (κ2) is 6.89. The minimum atomic E-state index is -0.276. The first kappa shape index (κ1) is 15.8. The smallest absolute Gasteiger partial charge is 0.240 e. The average Bonchev–Trinajstić information content (AvgIpc) is 2.90.